The van der Waals surface area contributed by atoms with Crippen LogP contribution in [-0.4, -0.2) is 24.8 Å². The summed E-state index contributed by atoms with van der Waals surface area (Å²) in [5.41, 5.74) is -0.397. The van der Waals surface area contributed by atoms with Crippen LogP contribution in [-0.2, 0) is 4.74 Å². The SMILES string of the molecule is CC(C#N)(NC1CCCCCC1)C1CCOC1. The molecule has 17 heavy (non-hydrogen) atoms. The van der Waals surface area contributed by atoms with Gasteiger partial charge in [-0.2, -0.15) is 5.26 Å². The van der Waals surface area contributed by atoms with Gasteiger partial charge < -0.3 is 4.74 Å². The largest absolute Gasteiger partial charge is 0.381 e. The lowest BCUT2D eigenvalue weighted by Crippen LogP contribution is -2.52. The number of nitriles is 1. The van der Waals surface area contributed by atoms with Crippen LogP contribution in [0.4, 0.5) is 0 Å². The zero-order valence-corrected chi connectivity index (χ0v) is 10.9. The Morgan fingerprint density at radius 1 is 1.18 bits per heavy atom. The molecular formula is C14H24N2O. The Bertz CT molecular complexity index is 272. The van der Waals surface area contributed by atoms with Crippen LogP contribution < -0.4 is 5.32 Å². The maximum Gasteiger partial charge on any atom is 0.109 e. The van der Waals surface area contributed by atoms with Gasteiger partial charge in [0.15, 0.2) is 0 Å². The van der Waals surface area contributed by atoms with Crippen molar-refractivity contribution in [2.75, 3.05) is 13.2 Å². The van der Waals surface area contributed by atoms with Crippen molar-refractivity contribution in [3.63, 3.8) is 0 Å². The van der Waals surface area contributed by atoms with E-state index in [0.717, 1.165) is 19.6 Å². The topological polar surface area (TPSA) is 45.0 Å². The fourth-order valence-corrected chi connectivity index (χ4v) is 3.08. The predicted molar refractivity (Wildman–Crippen MR) is 67.6 cm³/mol. The van der Waals surface area contributed by atoms with Crippen molar-refractivity contribution in [1.29, 1.82) is 5.26 Å². The zero-order valence-electron chi connectivity index (χ0n) is 10.9. The average molecular weight is 236 g/mol. The van der Waals surface area contributed by atoms with Gasteiger partial charge in [0, 0.05) is 18.6 Å². The van der Waals surface area contributed by atoms with Crippen molar-refractivity contribution in [1.82, 2.24) is 5.32 Å². The second-order valence-electron chi connectivity index (χ2n) is 5.71. The van der Waals surface area contributed by atoms with Crippen molar-refractivity contribution < 1.29 is 4.74 Å². The quantitative estimate of drug-likeness (QED) is 0.766. The minimum atomic E-state index is -0.397. The van der Waals surface area contributed by atoms with Gasteiger partial charge in [0.2, 0.25) is 0 Å². The maximum absolute atomic E-state index is 9.48. The number of hydrogen-bond acceptors (Lipinski definition) is 3. The molecule has 1 aliphatic heterocycles. The van der Waals surface area contributed by atoms with Crippen LogP contribution in [0.3, 0.4) is 0 Å². The van der Waals surface area contributed by atoms with Crippen LogP contribution in [0, 0.1) is 17.2 Å². The highest BCUT2D eigenvalue weighted by Gasteiger charge is 2.38. The molecule has 0 aromatic rings. The first-order chi connectivity index (χ1) is 8.24. The van der Waals surface area contributed by atoms with E-state index in [1.807, 2.05) is 0 Å². The second kappa shape index (κ2) is 5.84. The molecule has 2 aliphatic rings. The van der Waals surface area contributed by atoms with Gasteiger partial charge in [0.05, 0.1) is 12.7 Å². The molecule has 3 heteroatoms. The summed E-state index contributed by atoms with van der Waals surface area (Å²) < 4.78 is 5.43. The number of nitrogens with one attached hydrogen (secondary N) is 1. The third kappa shape index (κ3) is 3.20. The van der Waals surface area contributed by atoms with Crippen LogP contribution in [0.5, 0.6) is 0 Å². The highest BCUT2D eigenvalue weighted by molar-refractivity contribution is 5.10. The maximum atomic E-state index is 9.48. The van der Waals surface area contributed by atoms with Gasteiger partial charge in [-0.25, -0.2) is 0 Å². The molecule has 3 nitrogen and oxygen atoms in total. The molecule has 96 valence electrons. The zero-order chi connectivity index (χ0) is 12.1. The number of ether oxygens (including phenoxy) is 1. The third-order valence-corrected chi connectivity index (χ3v) is 4.34. The van der Waals surface area contributed by atoms with Gasteiger partial charge in [-0.05, 0) is 26.2 Å². The molecule has 0 amide bonds. The third-order valence-electron chi connectivity index (χ3n) is 4.34. The molecule has 1 saturated carbocycles. The summed E-state index contributed by atoms with van der Waals surface area (Å²) in [4.78, 5) is 0. The Morgan fingerprint density at radius 3 is 2.41 bits per heavy atom. The summed E-state index contributed by atoms with van der Waals surface area (Å²) in [5, 5.41) is 13.1. The van der Waals surface area contributed by atoms with E-state index in [4.69, 9.17) is 4.74 Å². The lowest BCUT2D eigenvalue weighted by molar-refractivity contribution is 0.163. The van der Waals surface area contributed by atoms with E-state index in [0.29, 0.717) is 12.0 Å². The predicted octanol–water partition coefficient (Wildman–Crippen LogP) is 2.62. The summed E-state index contributed by atoms with van der Waals surface area (Å²) in [6.07, 6.45) is 8.79. The standard InChI is InChI=1S/C14H24N2O/c1-14(11-15,12-8-9-17-10-12)16-13-6-4-2-3-5-7-13/h12-13,16H,2-10H2,1H3. The monoisotopic (exact) mass is 236 g/mol. The van der Waals surface area contributed by atoms with Gasteiger partial charge >= 0.3 is 0 Å². The average Bonchev–Trinajstić information content (AvgIpc) is 2.77. The van der Waals surface area contributed by atoms with Crippen molar-refractivity contribution in [2.45, 2.75) is 63.5 Å². The molecular weight excluding hydrogens is 212 g/mol. The van der Waals surface area contributed by atoms with Gasteiger partial charge in [0.25, 0.3) is 0 Å². The van der Waals surface area contributed by atoms with Crippen molar-refractivity contribution in [3.05, 3.63) is 0 Å². The Balaban J connectivity index is 1.95. The summed E-state index contributed by atoms with van der Waals surface area (Å²) in [6.45, 7) is 3.61. The second-order valence-corrected chi connectivity index (χ2v) is 5.71. The van der Waals surface area contributed by atoms with Crippen molar-refractivity contribution >= 4 is 0 Å². The molecule has 0 aromatic carbocycles. The van der Waals surface area contributed by atoms with Crippen LogP contribution in [0.25, 0.3) is 0 Å². The van der Waals surface area contributed by atoms with E-state index in [1.165, 1.54) is 38.5 Å². The molecule has 2 atom stereocenters. The van der Waals surface area contributed by atoms with E-state index in [9.17, 15) is 5.26 Å². The summed E-state index contributed by atoms with van der Waals surface area (Å²) >= 11 is 0. The molecule has 1 N–H and O–H groups in total. The Hall–Kier alpha value is -0.590. The molecule has 0 radical (unpaired) electrons. The van der Waals surface area contributed by atoms with E-state index >= 15 is 0 Å². The first kappa shape index (κ1) is 12.9. The summed E-state index contributed by atoms with van der Waals surface area (Å²) in [5.74, 6) is 0.357. The fourth-order valence-electron chi connectivity index (χ4n) is 3.08. The van der Waals surface area contributed by atoms with Gasteiger partial charge in [-0.3, -0.25) is 5.32 Å². The Kier molecular flexibility index (Phi) is 4.42. The minimum Gasteiger partial charge on any atom is -0.381 e. The molecule has 0 aromatic heterocycles. The number of nitrogens with zero attached hydrogens (tertiary/aromatic N) is 1. The van der Waals surface area contributed by atoms with Crippen molar-refractivity contribution in [2.24, 2.45) is 5.92 Å². The Labute approximate surface area is 105 Å². The molecule has 1 saturated heterocycles. The van der Waals surface area contributed by atoms with Crippen LogP contribution in [0.15, 0.2) is 0 Å². The van der Waals surface area contributed by atoms with E-state index < -0.39 is 5.54 Å². The van der Waals surface area contributed by atoms with Crippen molar-refractivity contribution in [3.8, 4) is 6.07 Å². The smallest absolute Gasteiger partial charge is 0.109 e. The van der Waals surface area contributed by atoms with Gasteiger partial charge in [-0.15, -0.1) is 0 Å². The molecule has 2 rings (SSSR count). The lowest BCUT2D eigenvalue weighted by Gasteiger charge is -2.33. The normalized spacial score (nSPS) is 30.5. The van der Waals surface area contributed by atoms with Crippen LogP contribution in [0.1, 0.15) is 51.9 Å². The number of hydrogen-bond donors (Lipinski definition) is 1. The molecule has 2 fully saturated rings. The first-order valence-corrected chi connectivity index (χ1v) is 7.01. The van der Waals surface area contributed by atoms with E-state index in [-0.39, 0.29) is 0 Å². The highest BCUT2D eigenvalue weighted by atomic mass is 16.5. The summed E-state index contributed by atoms with van der Waals surface area (Å²) in [6, 6.07) is 3.03. The lowest BCUT2D eigenvalue weighted by atomic mass is 9.85. The van der Waals surface area contributed by atoms with E-state index in [2.05, 4.69) is 18.3 Å². The summed E-state index contributed by atoms with van der Waals surface area (Å²) in [7, 11) is 0. The van der Waals surface area contributed by atoms with Crippen LogP contribution >= 0.6 is 0 Å². The first-order valence-electron chi connectivity index (χ1n) is 7.01. The molecule has 1 aliphatic carbocycles. The van der Waals surface area contributed by atoms with Crippen LogP contribution in [0.2, 0.25) is 0 Å². The Morgan fingerprint density at radius 2 is 1.88 bits per heavy atom. The molecule has 1 heterocycles. The molecule has 0 bridgehead atoms. The molecule has 2 unspecified atom stereocenters. The minimum absolute atomic E-state index is 0.357. The highest BCUT2D eigenvalue weighted by Crippen LogP contribution is 2.28. The number of rotatable bonds is 3. The van der Waals surface area contributed by atoms with Gasteiger partial charge in [0.1, 0.15) is 5.54 Å². The van der Waals surface area contributed by atoms with E-state index in [1.54, 1.807) is 0 Å². The molecule has 0 spiro atoms. The van der Waals surface area contributed by atoms with Gasteiger partial charge in [-0.1, -0.05) is 25.7 Å². The fraction of sp³-hybridized carbons (Fsp3) is 0.929.